The quantitative estimate of drug-likeness (QED) is 0.165. The van der Waals surface area contributed by atoms with Crippen molar-refractivity contribution in [2.75, 3.05) is 5.32 Å². The first-order valence-corrected chi connectivity index (χ1v) is 16.5. The molecule has 0 saturated heterocycles. The zero-order chi connectivity index (χ0) is 33.2. The summed E-state index contributed by atoms with van der Waals surface area (Å²) in [5.41, 5.74) is 5.96. The van der Waals surface area contributed by atoms with Gasteiger partial charge in [-0.1, -0.05) is 103 Å². The van der Waals surface area contributed by atoms with Gasteiger partial charge in [0.15, 0.2) is 5.13 Å². The van der Waals surface area contributed by atoms with Crippen molar-refractivity contribution < 1.29 is 9.18 Å². The minimum absolute atomic E-state index is 0.0795. The number of carbonyl (C=O) groups excluding carboxylic acids is 1. The molecule has 0 atom stereocenters. The van der Waals surface area contributed by atoms with Crippen LogP contribution in [-0.2, 0) is 5.54 Å². The Hall–Kier alpha value is -6.32. The molecule has 7 nitrogen and oxygen atoms in total. The predicted octanol–water partition coefficient (Wildman–Crippen LogP) is 8.85. The number of hydrogen-bond donors (Lipinski definition) is 1. The molecule has 0 unspecified atom stereocenters. The second-order valence-electron chi connectivity index (χ2n) is 11.4. The highest BCUT2D eigenvalue weighted by Crippen LogP contribution is 2.41. The number of halogens is 1. The van der Waals surface area contributed by atoms with E-state index in [1.165, 1.54) is 29.8 Å². The van der Waals surface area contributed by atoms with E-state index in [1.54, 1.807) is 17.6 Å². The maximum atomic E-state index is 15.4. The molecule has 0 spiro atoms. The lowest BCUT2D eigenvalue weighted by molar-refractivity contribution is 0.102. The lowest BCUT2D eigenvalue weighted by Gasteiger charge is -2.36. The van der Waals surface area contributed by atoms with Gasteiger partial charge in [0.1, 0.15) is 17.7 Å². The minimum atomic E-state index is -0.752. The SMILES string of the molecule is O=C(Nc1nccs1)c1ccc(-c2ncnc3ccc(-c4cnn(C(c5ccccc5)(c5ccccc5)c5ccccc5)c4)cc23)cc1F. The highest BCUT2D eigenvalue weighted by Gasteiger charge is 2.39. The normalized spacial score (nSPS) is 11.4. The van der Waals surface area contributed by atoms with Crippen molar-refractivity contribution in [3.05, 3.63) is 186 Å². The summed E-state index contributed by atoms with van der Waals surface area (Å²) in [6, 6.07) is 41.6. The van der Waals surface area contributed by atoms with Gasteiger partial charge in [0.25, 0.3) is 5.91 Å². The molecule has 49 heavy (non-hydrogen) atoms. The minimum Gasteiger partial charge on any atom is -0.298 e. The number of nitrogens with one attached hydrogen (secondary N) is 1. The van der Waals surface area contributed by atoms with Gasteiger partial charge < -0.3 is 0 Å². The van der Waals surface area contributed by atoms with Crippen molar-refractivity contribution >= 4 is 33.3 Å². The number of carbonyl (C=O) groups is 1. The van der Waals surface area contributed by atoms with Crippen molar-refractivity contribution in [3.63, 3.8) is 0 Å². The summed E-state index contributed by atoms with van der Waals surface area (Å²) in [4.78, 5) is 25.8. The Morgan fingerprint density at radius 3 is 1.98 bits per heavy atom. The van der Waals surface area contributed by atoms with Crippen LogP contribution in [0, 0.1) is 5.82 Å². The van der Waals surface area contributed by atoms with Gasteiger partial charge in [-0.05, 0) is 46.5 Å². The third-order valence-electron chi connectivity index (χ3n) is 8.61. The Kier molecular flexibility index (Phi) is 7.79. The lowest BCUT2D eigenvalue weighted by atomic mass is 9.77. The molecule has 5 aromatic carbocycles. The van der Waals surface area contributed by atoms with Crippen molar-refractivity contribution in [2.24, 2.45) is 0 Å². The van der Waals surface area contributed by atoms with Crippen LogP contribution in [-0.4, -0.2) is 30.6 Å². The summed E-state index contributed by atoms with van der Waals surface area (Å²) in [5, 5.41) is 10.5. The molecule has 236 valence electrons. The maximum Gasteiger partial charge on any atom is 0.260 e. The Labute approximate surface area is 285 Å². The molecule has 0 radical (unpaired) electrons. The number of aromatic nitrogens is 5. The van der Waals surface area contributed by atoms with E-state index in [4.69, 9.17) is 5.10 Å². The number of hydrogen-bond acceptors (Lipinski definition) is 6. The molecule has 0 aliphatic heterocycles. The van der Waals surface area contributed by atoms with Crippen LogP contribution in [0.5, 0.6) is 0 Å². The summed E-state index contributed by atoms with van der Waals surface area (Å²) in [6.45, 7) is 0. The highest BCUT2D eigenvalue weighted by molar-refractivity contribution is 7.13. The molecule has 1 N–H and O–H groups in total. The number of rotatable bonds is 8. The number of nitrogens with zero attached hydrogens (tertiary/aromatic N) is 5. The Morgan fingerprint density at radius 1 is 0.714 bits per heavy atom. The molecule has 0 aliphatic carbocycles. The van der Waals surface area contributed by atoms with E-state index in [1.807, 2.05) is 83.7 Å². The van der Waals surface area contributed by atoms with Crippen LogP contribution in [0.15, 0.2) is 158 Å². The predicted molar refractivity (Wildman–Crippen MR) is 191 cm³/mol. The second kappa shape index (κ2) is 12.7. The summed E-state index contributed by atoms with van der Waals surface area (Å²) in [6.07, 6.45) is 6.96. The molecule has 3 heterocycles. The average Bonchev–Trinajstić information content (AvgIpc) is 3.86. The van der Waals surface area contributed by atoms with Crippen molar-refractivity contribution in [1.82, 2.24) is 24.7 Å². The van der Waals surface area contributed by atoms with E-state index in [9.17, 15) is 4.79 Å². The summed E-state index contributed by atoms with van der Waals surface area (Å²) >= 11 is 1.26. The fourth-order valence-electron chi connectivity index (χ4n) is 6.35. The van der Waals surface area contributed by atoms with Gasteiger partial charge in [-0.25, -0.2) is 19.3 Å². The first-order chi connectivity index (χ1) is 24.1. The zero-order valence-electron chi connectivity index (χ0n) is 25.9. The standard InChI is InChI=1S/C40H27FN6OS/c41-35-23-28(16-18-33(35)38(48)46-39-42-20-21-49-39)37-34-22-27(17-19-36(34)43-26-44-37)29-24-45-47(25-29)40(30-10-4-1-5-11-30,31-12-6-2-7-13-31)32-14-8-3-9-15-32/h1-26H,(H,42,46,48). The molecular weight excluding hydrogens is 632 g/mol. The maximum absolute atomic E-state index is 15.4. The molecular formula is C40H27FN6OS. The van der Waals surface area contributed by atoms with Gasteiger partial charge in [-0.15, -0.1) is 11.3 Å². The topological polar surface area (TPSA) is 85.6 Å². The summed E-state index contributed by atoms with van der Waals surface area (Å²) in [7, 11) is 0. The van der Waals surface area contributed by atoms with Gasteiger partial charge in [0.05, 0.1) is 23.0 Å². The fourth-order valence-corrected chi connectivity index (χ4v) is 6.88. The van der Waals surface area contributed by atoms with E-state index in [0.29, 0.717) is 21.9 Å². The third-order valence-corrected chi connectivity index (χ3v) is 9.30. The Balaban J connectivity index is 1.22. The number of fused-ring (bicyclic) bond motifs is 1. The number of benzene rings is 5. The molecule has 0 fully saturated rings. The van der Waals surface area contributed by atoms with Crippen LogP contribution in [0.3, 0.4) is 0 Å². The summed E-state index contributed by atoms with van der Waals surface area (Å²) < 4.78 is 17.4. The average molecular weight is 659 g/mol. The van der Waals surface area contributed by atoms with Crippen LogP contribution in [0.25, 0.3) is 33.3 Å². The van der Waals surface area contributed by atoms with E-state index < -0.39 is 17.3 Å². The van der Waals surface area contributed by atoms with Crippen LogP contribution in [0.2, 0.25) is 0 Å². The van der Waals surface area contributed by atoms with Gasteiger partial charge in [0, 0.05) is 34.3 Å². The van der Waals surface area contributed by atoms with Gasteiger partial charge in [-0.2, -0.15) is 5.10 Å². The van der Waals surface area contributed by atoms with Gasteiger partial charge >= 0.3 is 0 Å². The monoisotopic (exact) mass is 658 g/mol. The number of thiazole rings is 1. The molecule has 8 aromatic rings. The molecule has 1 amide bonds. The largest absolute Gasteiger partial charge is 0.298 e. The van der Waals surface area contributed by atoms with Crippen LogP contribution in [0.1, 0.15) is 27.0 Å². The number of amides is 1. The van der Waals surface area contributed by atoms with E-state index in [0.717, 1.165) is 33.2 Å². The Morgan fingerprint density at radius 2 is 1.37 bits per heavy atom. The molecule has 3 aromatic heterocycles. The van der Waals surface area contributed by atoms with Gasteiger partial charge in [0.2, 0.25) is 0 Å². The van der Waals surface area contributed by atoms with Crippen LogP contribution < -0.4 is 5.32 Å². The van der Waals surface area contributed by atoms with E-state index in [-0.39, 0.29) is 5.56 Å². The molecule has 0 bridgehead atoms. The zero-order valence-corrected chi connectivity index (χ0v) is 26.8. The Bertz CT molecular complexity index is 2300. The first-order valence-electron chi connectivity index (χ1n) is 15.6. The molecule has 0 aliphatic rings. The second-order valence-corrected chi connectivity index (χ2v) is 12.3. The third kappa shape index (κ3) is 5.46. The lowest BCUT2D eigenvalue weighted by Crippen LogP contribution is -2.38. The van der Waals surface area contributed by atoms with Gasteiger partial charge in [-0.3, -0.25) is 14.8 Å². The van der Waals surface area contributed by atoms with E-state index >= 15 is 4.39 Å². The van der Waals surface area contributed by atoms with Crippen molar-refractivity contribution in [3.8, 4) is 22.4 Å². The number of anilines is 1. The first kappa shape index (κ1) is 30.0. The van der Waals surface area contributed by atoms with Crippen LogP contribution in [0.4, 0.5) is 9.52 Å². The highest BCUT2D eigenvalue weighted by atomic mass is 32.1. The molecule has 0 saturated carbocycles. The smallest absolute Gasteiger partial charge is 0.260 e. The summed E-state index contributed by atoms with van der Waals surface area (Å²) in [5.74, 6) is -1.22. The van der Waals surface area contributed by atoms with E-state index in [2.05, 4.69) is 62.9 Å². The molecule has 9 heteroatoms. The fraction of sp³-hybridized carbons (Fsp3) is 0.0250. The van der Waals surface area contributed by atoms with Crippen molar-refractivity contribution in [2.45, 2.75) is 5.54 Å². The van der Waals surface area contributed by atoms with Crippen LogP contribution >= 0.6 is 11.3 Å². The van der Waals surface area contributed by atoms with Crippen molar-refractivity contribution in [1.29, 1.82) is 0 Å². The molecule has 8 rings (SSSR count).